The summed E-state index contributed by atoms with van der Waals surface area (Å²) in [4.78, 5) is 12.5. The minimum atomic E-state index is -4.58. The minimum Gasteiger partial charge on any atom is -0.298 e. The smallest absolute Gasteiger partial charge is 0.298 e. The Morgan fingerprint density at radius 1 is 1.08 bits per heavy atom. The molecule has 0 fully saturated rings. The van der Waals surface area contributed by atoms with Gasteiger partial charge in [-0.25, -0.2) is 4.39 Å². The number of H-pyrrole nitrogens is 1. The van der Waals surface area contributed by atoms with E-state index in [1.165, 1.54) is 30.5 Å². The highest BCUT2D eigenvalue weighted by Gasteiger charge is 2.30. The molecule has 0 bridgehead atoms. The Kier molecular flexibility index (Phi) is 3.57. The molecule has 0 unspecified atom stereocenters. The van der Waals surface area contributed by atoms with Gasteiger partial charge in [-0.3, -0.25) is 14.5 Å². The normalized spacial score (nSPS) is 12.2. The number of hydrogen-bond donors (Lipinski definition) is 1. The van der Waals surface area contributed by atoms with Crippen LogP contribution in [0.2, 0.25) is 0 Å². The highest BCUT2D eigenvalue weighted by molar-refractivity contribution is 6.04. The molecule has 4 rings (SSSR count). The fourth-order valence-corrected chi connectivity index (χ4v) is 3.07. The Morgan fingerprint density at radius 3 is 2.58 bits per heavy atom. The van der Waals surface area contributed by atoms with Crippen molar-refractivity contribution in [2.24, 2.45) is 0 Å². The van der Waals surface area contributed by atoms with Gasteiger partial charge in [0.15, 0.2) is 0 Å². The molecule has 132 valence electrons. The first kappa shape index (κ1) is 16.3. The molecule has 0 spiro atoms. The predicted octanol–water partition coefficient (Wildman–Crippen LogP) is 4.25. The molecule has 0 aliphatic rings. The van der Waals surface area contributed by atoms with Gasteiger partial charge in [0, 0.05) is 10.9 Å². The number of nitrogens with one attached hydrogen (secondary N) is 1. The monoisotopic (exact) mass is 361 g/mol. The molecule has 4 nitrogen and oxygen atoms in total. The van der Waals surface area contributed by atoms with Crippen molar-refractivity contribution < 1.29 is 17.6 Å². The largest absolute Gasteiger partial charge is 0.406 e. The predicted molar refractivity (Wildman–Crippen MR) is 89.3 cm³/mol. The van der Waals surface area contributed by atoms with Crippen LogP contribution in [-0.4, -0.2) is 20.9 Å². The molecule has 0 saturated carbocycles. The Labute approximate surface area is 143 Å². The molecule has 0 saturated heterocycles. The van der Waals surface area contributed by atoms with Gasteiger partial charge in [-0.05, 0) is 17.7 Å². The van der Waals surface area contributed by atoms with Crippen LogP contribution < -0.4 is 5.56 Å². The first-order valence-electron chi connectivity index (χ1n) is 7.66. The maximum absolute atomic E-state index is 14.1. The summed E-state index contributed by atoms with van der Waals surface area (Å²) in [6.07, 6.45) is -3.38. The van der Waals surface area contributed by atoms with Crippen molar-refractivity contribution in [3.63, 3.8) is 0 Å². The first-order chi connectivity index (χ1) is 12.3. The fraction of sp³-hybridized carbons (Fsp3) is 0.111. The number of nitrogens with zero attached hydrogens (tertiary/aromatic N) is 2. The third kappa shape index (κ3) is 2.63. The van der Waals surface area contributed by atoms with E-state index in [1.807, 2.05) is 0 Å². The number of alkyl halides is 3. The van der Waals surface area contributed by atoms with Crippen molar-refractivity contribution in [2.45, 2.75) is 12.7 Å². The van der Waals surface area contributed by atoms with Crippen molar-refractivity contribution in [3.8, 4) is 11.1 Å². The van der Waals surface area contributed by atoms with Gasteiger partial charge in [-0.2, -0.15) is 18.3 Å². The molecular formula is C18H11F4N3O. The zero-order chi connectivity index (χ0) is 18.5. The van der Waals surface area contributed by atoms with E-state index in [1.54, 1.807) is 18.2 Å². The van der Waals surface area contributed by atoms with E-state index in [4.69, 9.17) is 0 Å². The van der Waals surface area contributed by atoms with Gasteiger partial charge in [-0.15, -0.1) is 0 Å². The Balaban J connectivity index is 2.08. The third-order valence-electron chi connectivity index (χ3n) is 4.20. The summed E-state index contributed by atoms with van der Waals surface area (Å²) in [5.74, 6) is -0.501. The molecule has 2 aromatic heterocycles. The van der Waals surface area contributed by atoms with Crippen LogP contribution in [0.25, 0.3) is 32.9 Å². The van der Waals surface area contributed by atoms with E-state index < -0.39 is 24.1 Å². The number of halogens is 4. The highest BCUT2D eigenvalue weighted by atomic mass is 19.4. The van der Waals surface area contributed by atoms with Gasteiger partial charge in [-0.1, -0.05) is 30.3 Å². The van der Waals surface area contributed by atoms with Gasteiger partial charge in [0.1, 0.15) is 12.4 Å². The second-order valence-electron chi connectivity index (χ2n) is 5.88. The number of hydrogen-bond acceptors (Lipinski definition) is 2. The summed E-state index contributed by atoms with van der Waals surface area (Å²) in [5.41, 5.74) is 0.229. The Morgan fingerprint density at radius 2 is 1.85 bits per heavy atom. The molecule has 1 N–H and O–H groups in total. The van der Waals surface area contributed by atoms with E-state index >= 15 is 0 Å². The minimum absolute atomic E-state index is 0.0600. The van der Waals surface area contributed by atoms with Crippen LogP contribution in [0, 0.1) is 5.82 Å². The summed E-state index contributed by atoms with van der Waals surface area (Å²) in [5, 5.41) is 6.88. The number of fused-ring (bicyclic) bond motifs is 3. The molecule has 0 aliphatic carbocycles. The summed E-state index contributed by atoms with van der Waals surface area (Å²) < 4.78 is 53.8. The molecule has 26 heavy (non-hydrogen) atoms. The summed E-state index contributed by atoms with van der Waals surface area (Å²) in [6.45, 7) is -1.44. The Hall–Kier alpha value is -3.16. The number of rotatable bonds is 2. The summed E-state index contributed by atoms with van der Waals surface area (Å²) in [6, 6.07) is 10.5. The second-order valence-corrected chi connectivity index (χ2v) is 5.88. The highest BCUT2D eigenvalue weighted by Crippen LogP contribution is 2.30. The van der Waals surface area contributed by atoms with Crippen LogP contribution in [0.1, 0.15) is 0 Å². The lowest BCUT2D eigenvalue weighted by atomic mass is 10.0. The van der Waals surface area contributed by atoms with Crippen LogP contribution in [0.3, 0.4) is 0 Å². The zero-order valence-corrected chi connectivity index (χ0v) is 13.1. The zero-order valence-electron chi connectivity index (χ0n) is 13.1. The van der Waals surface area contributed by atoms with Crippen molar-refractivity contribution in [1.29, 1.82) is 0 Å². The third-order valence-corrected chi connectivity index (χ3v) is 4.20. The van der Waals surface area contributed by atoms with Gasteiger partial charge < -0.3 is 0 Å². The van der Waals surface area contributed by atoms with Crippen LogP contribution in [-0.2, 0) is 6.54 Å². The van der Waals surface area contributed by atoms with Crippen LogP contribution in [0.4, 0.5) is 17.6 Å². The number of benzene rings is 2. The molecule has 2 aromatic carbocycles. The molecule has 8 heteroatoms. The summed E-state index contributed by atoms with van der Waals surface area (Å²) >= 11 is 0. The van der Waals surface area contributed by atoms with Crippen molar-refractivity contribution >= 4 is 21.8 Å². The topological polar surface area (TPSA) is 50.7 Å². The molecule has 0 radical (unpaired) electrons. The lowest BCUT2D eigenvalue weighted by Crippen LogP contribution is -2.28. The number of aromatic nitrogens is 3. The van der Waals surface area contributed by atoms with Gasteiger partial charge in [0.2, 0.25) is 0 Å². The van der Waals surface area contributed by atoms with E-state index in [2.05, 4.69) is 10.2 Å². The molecular weight excluding hydrogens is 350 g/mol. The van der Waals surface area contributed by atoms with E-state index in [0.717, 1.165) is 0 Å². The SMILES string of the molecule is O=c1c2cn[nH]c2c2ccc(-c3ccccc3F)cc2n1CC(F)(F)F. The maximum atomic E-state index is 14.1. The molecule has 0 amide bonds. The van der Waals surface area contributed by atoms with E-state index in [9.17, 15) is 22.4 Å². The average molecular weight is 361 g/mol. The van der Waals surface area contributed by atoms with Gasteiger partial charge >= 0.3 is 6.18 Å². The van der Waals surface area contributed by atoms with Crippen LogP contribution in [0.15, 0.2) is 53.5 Å². The molecule has 4 aromatic rings. The lowest BCUT2D eigenvalue weighted by Gasteiger charge is -2.14. The number of pyridine rings is 1. The standard InChI is InChI=1S/C18H11F4N3O/c19-14-4-2-1-3-11(14)10-5-6-12-15(7-10)25(9-18(20,21)22)17(26)13-8-23-24-16(12)13/h1-8H,9H2,(H,23,24). The summed E-state index contributed by atoms with van der Waals surface area (Å²) in [7, 11) is 0. The quantitative estimate of drug-likeness (QED) is 0.543. The van der Waals surface area contributed by atoms with E-state index in [-0.39, 0.29) is 16.5 Å². The molecule has 2 heterocycles. The Bertz CT molecular complexity index is 1190. The van der Waals surface area contributed by atoms with Crippen molar-refractivity contribution in [1.82, 2.24) is 14.8 Å². The fourth-order valence-electron chi connectivity index (χ4n) is 3.07. The van der Waals surface area contributed by atoms with Gasteiger partial charge in [0.05, 0.1) is 22.6 Å². The van der Waals surface area contributed by atoms with Crippen molar-refractivity contribution in [3.05, 3.63) is 64.8 Å². The van der Waals surface area contributed by atoms with Crippen LogP contribution in [0.5, 0.6) is 0 Å². The lowest BCUT2D eigenvalue weighted by molar-refractivity contribution is -0.140. The number of aromatic amines is 1. The molecule has 0 atom stereocenters. The average Bonchev–Trinajstić information content (AvgIpc) is 3.08. The van der Waals surface area contributed by atoms with Crippen molar-refractivity contribution in [2.75, 3.05) is 0 Å². The van der Waals surface area contributed by atoms with Gasteiger partial charge in [0.25, 0.3) is 5.56 Å². The van der Waals surface area contributed by atoms with Crippen LogP contribution >= 0.6 is 0 Å². The maximum Gasteiger partial charge on any atom is 0.406 e. The second kappa shape index (κ2) is 5.69. The first-order valence-corrected chi connectivity index (χ1v) is 7.66. The van der Waals surface area contributed by atoms with E-state index in [0.29, 0.717) is 21.0 Å². The molecule has 0 aliphatic heterocycles.